The van der Waals surface area contributed by atoms with Crippen molar-refractivity contribution in [2.75, 3.05) is 24.9 Å². The fraction of sp³-hybridized carbons (Fsp3) is 0.0556. The van der Waals surface area contributed by atoms with Gasteiger partial charge in [-0.1, -0.05) is 24.3 Å². The average molecular weight is 667 g/mol. The molecule has 0 spiro atoms. The van der Waals surface area contributed by atoms with Crippen molar-refractivity contribution in [3.05, 3.63) is 145 Å². The lowest BCUT2D eigenvalue weighted by molar-refractivity contribution is 0.101. The normalized spacial score (nSPS) is 10.6. The van der Waals surface area contributed by atoms with Crippen LogP contribution in [0.5, 0.6) is 11.5 Å². The van der Waals surface area contributed by atoms with E-state index in [9.17, 15) is 9.59 Å². The summed E-state index contributed by atoms with van der Waals surface area (Å²) < 4.78 is 10.6. The summed E-state index contributed by atoms with van der Waals surface area (Å²) in [5.41, 5.74) is 2.86. The number of anilines is 2. The van der Waals surface area contributed by atoms with Crippen LogP contribution < -0.4 is 20.1 Å². The minimum absolute atomic E-state index is 0.318. The van der Waals surface area contributed by atoms with Gasteiger partial charge in [-0.25, -0.2) is 9.97 Å². The van der Waals surface area contributed by atoms with Gasteiger partial charge in [-0.2, -0.15) is 0 Å². The van der Waals surface area contributed by atoms with Crippen LogP contribution in [0.25, 0.3) is 0 Å². The first-order valence-corrected chi connectivity index (χ1v) is 15.0. The molecule has 0 radical (unpaired) electrons. The lowest BCUT2D eigenvalue weighted by atomic mass is 10.2. The third kappa shape index (κ3) is 9.89. The van der Waals surface area contributed by atoms with Crippen LogP contribution in [0.4, 0.5) is 34.4 Å². The summed E-state index contributed by atoms with van der Waals surface area (Å²) in [6.45, 7) is 0. The number of methoxy groups -OCH3 is 2. The van der Waals surface area contributed by atoms with Gasteiger partial charge >= 0.3 is 0 Å². The molecule has 2 aromatic carbocycles. The van der Waals surface area contributed by atoms with Gasteiger partial charge in [0.25, 0.3) is 11.8 Å². The summed E-state index contributed by atoms with van der Waals surface area (Å²) in [7, 11) is 3.04. The van der Waals surface area contributed by atoms with Crippen molar-refractivity contribution in [3.8, 4) is 11.5 Å². The van der Waals surface area contributed by atoms with E-state index in [1.165, 1.54) is 14.2 Å². The van der Waals surface area contributed by atoms with Crippen molar-refractivity contribution < 1.29 is 19.1 Å². The van der Waals surface area contributed by atoms with E-state index >= 15 is 0 Å². The fourth-order valence-corrected chi connectivity index (χ4v) is 4.10. The summed E-state index contributed by atoms with van der Waals surface area (Å²) >= 11 is 0. The predicted molar refractivity (Wildman–Crippen MR) is 187 cm³/mol. The van der Waals surface area contributed by atoms with Gasteiger partial charge in [0.15, 0.2) is 11.6 Å². The van der Waals surface area contributed by atoms with Crippen LogP contribution in [0.1, 0.15) is 21.0 Å². The number of carbonyl (C=O) groups excluding carboxylic acids is 2. The third-order valence-corrected chi connectivity index (χ3v) is 6.50. The predicted octanol–water partition coefficient (Wildman–Crippen LogP) is 8.31. The van der Waals surface area contributed by atoms with Gasteiger partial charge in [0, 0.05) is 36.9 Å². The number of amides is 2. The maximum absolute atomic E-state index is 12.2. The van der Waals surface area contributed by atoms with Gasteiger partial charge in [-0.3, -0.25) is 19.6 Å². The third-order valence-electron chi connectivity index (χ3n) is 6.50. The fourth-order valence-electron chi connectivity index (χ4n) is 4.10. The highest BCUT2D eigenvalue weighted by atomic mass is 16.5. The molecule has 50 heavy (non-hydrogen) atoms. The Hall–Kier alpha value is -7.22. The van der Waals surface area contributed by atoms with E-state index in [0.717, 1.165) is 0 Å². The zero-order valence-corrected chi connectivity index (χ0v) is 26.9. The maximum atomic E-state index is 12.2. The molecule has 0 atom stereocenters. The molecule has 0 unspecified atom stereocenters. The smallest absolute Gasteiger partial charge is 0.274 e. The van der Waals surface area contributed by atoms with Gasteiger partial charge in [0.05, 0.1) is 37.0 Å². The summed E-state index contributed by atoms with van der Waals surface area (Å²) in [5, 5.41) is 21.9. The van der Waals surface area contributed by atoms with Gasteiger partial charge in [0.1, 0.15) is 22.9 Å². The SMILES string of the molecule is COc1cc(/N=N/c2ccccn2)ccc1NC(=O)c1ccccn1.COc1cc(/N=N\c2ccccn2)ccc1NC(=O)c1ccccn1. The molecule has 0 fully saturated rings. The summed E-state index contributed by atoms with van der Waals surface area (Å²) in [6, 6.07) is 31.3. The second-order valence-electron chi connectivity index (χ2n) is 9.88. The maximum Gasteiger partial charge on any atom is 0.274 e. The van der Waals surface area contributed by atoms with Crippen molar-refractivity contribution in [2.45, 2.75) is 0 Å². The molecule has 14 nitrogen and oxygen atoms in total. The monoisotopic (exact) mass is 666 g/mol. The number of nitrogens with zero attached hydrogens (tertiary/aromatic N) is 8. The molecule has 0 bridgehead atoms. The zero-order chi connectivity index (χ0) is 35.0. The molecule has 4 heterocycles. The number of aromatic nitrogens is 4. The Morgan fingerprint density at radius 2 is 0.900 bits per heavy atom. The van der Waals surface area contributed by atoms with Gasteiger partial charge in [-0.15, -0.1) is 20.5 Å². The first kappa shape index (κ1) is 34.1. The van der Waals surface area contributed by atoms with Crippen molar-refractivity contribution >= 4 is 46.2 Å². The molecule has 0 aliphatic heterocycles. The standard InChI is InChI=1S/2C18H15N5O2/c2*1-25-16-12-13(22-23-17-7-3-5-11-20-17)8-9-14(16)21-18(24)15-6-2-4-10-19-15/h2*2-12H,1H3,(H,21,24)/b23-22+;23-22-. The molecule has 14 heteroatoms. The molecule has 0 saturated carbocycles. The number of benzene rings is 2. The Morgan fingerprint density at radius 1 is 0.500 bits per heavy atom. The quantitative estimate of drug-likeness (QED) is 0.137. The van der Waals surface area contributed by atoms with E-state index in [-0.39, 0.29) is 11.8 Å². The molecule has 2 N–H and O–H groups in total. The number of rotatable bonds is 10. The highest BCUT2D eigenvalue weighted by Crippen LogP contribution is 2.31. The van der Waals surface area contributed by atoms with Gasteiger partial charge in [-0.05, 0) is 72.8 Å². The minimum Gasteiger partial charge on any atom is -0.494 e. The summed E-state index contributed by atoms with van der Waals surface area (Å²) in [4.78, 5) is 40.6. The molecular weight excluding hydrogens is 636 g/mol. The minimum atomic E-state index is -0.318. The Labute approximate surface area is 287 Å². The number of azo groups is 2. The molecule has 6 rings (SSSR count). The van der Waals surface area contributed by atoms with Crippen molar-refractivity contribution in [2.24, 2.45) is 20.5 Å². The van der Waals surface area contributed by atoms with Crippen molar-refractivity contribution in [3.63, 3.8) is 0 Å². The lowest BCUT2D eigenvalue weighted by Gasteiger charge is -2.10. The number of nitrogens with one attached hydrogen (secondary N) is 2. The number of hydrogen-bond donors (Lipinski definition) is 2. The van der Waals surface area contributed by atoms with Gasteiger partial charge in [0.2, 0.25) is 0 Å². The second kappa shape index (κ2) is 17.6. The van der Waals surface area contributed by atoms with E-state index in [1.807, 2.05) is 12.1 Å². The van der Waals surface area contributed by atoms with E-state index in [1.54, 1.807) is 122 Å². The van der Waals surface area contributed by atoms with Crippen LogP contribution in [0.15, 0.2) is 154 Å². The van der Waals surface area contributed by atoms with Crippen LogP contribution in [0.3, 0.4) is 0 Å². The van der Waals surface area contributed by atoms with E-state index < -0.39 is 0 Å². The Kier molecular flexibility index (Phi) is 12.0. The van der Waals surface area contributed by atoms with E-state index in [2.05, 4.69) is 51.0 Å². The van der Waals surface area contributed by atoms with Crippen LogP contribution in [0.2, 0.25) is 0 Å². The first-order valence-electron chi connectivity index (χ1n) is 15.0. The van der Waals surface area contributed by atoms with E-state index in [4.69, 9.17) is 9.47 Å². The molecule has 4 aromatic heterocycles. The second-order valence-corrected chi connectivity index (χ2v) is 9.88. The Bertz CT molecular complexity index is 1920. The Morgan fingerprint density at radius 3 is 1.24 bits per heavy atom. The molecule has 6 aromatic rings. The van der Waals surface area contributed by atoms with Gasteiger partial charge < -0.3 is 20.1 Å². The number of carbonyl (C=O) groups is 2. The zero-order valence-electron chi connectivity index (χ0n) is 26.9. The topological polar surface area (TPSA) is 178 Å². The van der Waals surface area contributed by atoms with Crippen LogP contribution in [0, 0.1) is 0 Å². The lowest BCUT2D eigenvalue weighted by Crippen LogP contribution is -2.13. The highest BCUT2D eigenvalue weighted by molar-refractivity contribution is 6.04. The molecule has 0 aliphatic rings. The highest BCUT2D eigenvalue weighted by Gasteiger charge is 2.12. The summed E-state index contributed by atoms with van der Waals surface area (Å²) in [6.07, 6.45) is 6.41. The number of ether oxygens (including phenoxy) is 2. The van der Waals surface area contributed by atoms with Crippen molar-refractivity contribution in [1.82, 2.24) is 19.9 Å². The number of hydrogen-bond acceptors (Lipinski definition) is 12. The number of pyridine rings is 4. The molecule has 248 valence electrons. The Balaban J connectivity index is 0.000000194. The summed E-state index contributed by atoms with van der Waals surface area (Å²) in [5.74, 6) is 1.33. The van der Waals surface area contributed by atoms with Crippen LogP contribution in [-0.2, 0) is 0 Å². The molecule has 0 aliphatic carbocycles. The van der Waals surface area contributed by atoms with E-state index in [0.29, 0.717) is 57.3 Å². The average Bonchev–Trinajstić information content (AvgIpc) is 3.18. The largest absolute Gasteiger partial charge is 0.494 e. The van der Waals surface area contributed by atoms with Crippen molar-refractivity contribution in [1.29, 1.82) is 0 Å². The molecule has 0 saturated heterocycles. The molecular formula is C36H30N10O4. The molecule has 2 amide bonds. The van der Waals surface area contributed by atoms with Crippen LogP contribution in [-0.4, -0.2) is 46.0 Å². The first-order chi connectivity index (χ1) is 24.5. The van der Waals surface area contributed by atoms with Crippen LogP contribution >= 0.6 is 0 Å².